The molecule has 0 spiro atoms. The zero-order chi connectivity index (χ0) is 24.2. The van der Waals surface area contributed by atoms with Gasteiger partial charge in [-0.25, -0.2) is 4.79 Å². The van der Waals surface area contributed by atoms with E-state index in [1.165, 1.54) is 0 Å². The van der Waals surface area contributed by atoms with E-state index in [9.17, 15) is 9.59 Å². The van der Waals surface area contributed by atoms with E-state index in [4.69, 9.17) is 19.2 Å². The summed E-state index contributed by atoms with van der Waals surface area (Å²) in [6.07, 6.45) is 1.63. The number of nitrogens with zero attached hydrogens (tertiary/aromatic N) is 4. The lowest BCUT2D eigenvalue weighted by molar-refractivity contribution is 0.0146. The van der Waals surface area contributed by atoms with Gasteiger partial charge >= 0.3 is 17.9 Å². The summed E-state index contributed by atoms with van der Waals surface area (Å²) in [5.74, 6) is -0.676. The smallest absolute Gasteiger partial charge is 0.410 e. The Morgan fingerprint density at radius 1 is 1.39 bits per heavy atom. The SMILES string of the molecule is C=Cc1ccc(C#N)cc1-c1nnc(C(=O)N[C@@H]2C[C@@H](COC)N(C(=O)OC(C)(C)C)C2)o1. The lowest BCUT2D eigenvalue weighted by Crippen LogP contribution is -2.43. The second-order valence-corrected chi connectivity index (χ2v) is 8.68. The van der Waals surface area contributed by atoms with Gasteiger partial charge < -0.3 is 24.1 Å². The topological polar surface area (TPSA) is 131 Å². The van der Waals surface area contributed by atoms with E-state index < -0.39 is 17.6 Å². The van der Waals surface area contributed by atoms with E-state index in [1.807, 2.05) is 0 Å². The van der Waals surface area contributed by atoms with Crippen molar-refractivity contribution in [2.75, 3.05) is 20.3 Å². The summed E-state index contributed by atoms with van der Waals surface area (Å²) in [6.45, 7) is 9.71. The van der Waals surface area contributed by atoms with Crippen molar-refractivity contribution in [3.05, 3.63) is 41.8 Å². The molecule has 2 heterocycles. The molecule has 1 aliphatic rings. The zero-order valence-electron chi connectivity index (χ0n) is 19.1. The Labute approximate surface area is 192 Å². The van der Waals surface area contributed by atoms with Crippen LogP contribution in [0.25, 0.3) is 17.5 Å². The summed E-state index contributed by atoms with van der Waals surface area (Å²) in [4.78, 5) is 26.9. The number of hydrogen-bond donors (Lipinski definition) is 1. The number of hydrogen-bond acceptors (Lipinski definition) is 8. The third-order valence-electron chi connectivity index (χ3n) is 4.99. The van der Waals surface area contributed by atoms with Crippen LogP contribution in [-0.4, -0.2) is 65.0 Å². The quantitative estimate of drug-likeness (QED) is 0.706. The molecule has 1 saturated heterocycles. The molecule has 0 radical (unpaired) electrons. The highest BCUT2D eigenvalue weighted by Gasteiger charge is 2.38. The fraction of sp³-hybridized carbons (Fsp3) is 0.435. The number of methoxy groups -OCH3 is 1. The monoisotopic (exact) mass is 453 g/mol. The van der Waals surface area contributed by atoms with Crippen molar-refractivity contribution in [3.63, 3.8) is 0 Å². The van der Waals surface area contributed by atoms with Crippen LogP contribution in [0.1, 0.15) is 49.0 Å². The Balaban J connectivity index is 1.72. The van der Waals surface area contributed by atoms with Crippen molar-refractivity contribution < 1.29 is 23.5 Å². The molecule has 1 N–H and O–H groups in total. The van der Waals surface area contributed by atoms with E-state index in [1.54, 1.807) is 57.1 Å². The van der Waals surface area contributed by atoms with Gasteiger partial charge in [0.1, 0.15) is 5.60 Å². The number of benzene rings is 1. The molecule has 0 bridgehead atoms. The number of nitrogens with one attached hydrogen (secondary N) is 1. The average molecular weight is 453 g/mol. The maximum atomic E-state index is 12.7. The van der Waals surface area contributed by atoms with E-state index in [-0.39, 0.29) is 30.4 Å². The van der Waals surface area contributed by atoms with Crippen LogP contribution in [0.4, 0.5) is 4.79 Å². The fourth-order valence-corrected chi connectivity index (χ4v) is 3.58. The molecule has 10 nitrogen and oxygen atoms in total. The van der Waals surface area contributed by atoms with Crippen LogP contribution in [0.3, 0.4) is 0 Å². The van der Waals surface area contributed by atoms with Crippen LogP contribution in [0.5, 0.6) is 0 Å². The molecule has 1 aromatic carbocycles. The van der Waals surface area contributed by atoms with Crippen LogP contribution >= 0.6 is 0 Å². The Bertz CT molecular complexity index is 1080. The van der Waals surface area contributed by atoms with Crippen molar-refractivity contribution in [1.82, 2.24) is 20.4 Å². The minimum absolute atomic E-state index is 0.103. The highest BCUT2D eigenvalue weighted by Crippen LogP contribution is 2.26. The molecular formula is C23H27N5O5. The van der Waals surface area contributed by atoms with Gasteiger partial charge in [-0.1, -0.05) is 18.7 Å². The zero-order valence-corrected chi connectivity index (χ0v) is 19.1. The number of rotatable bonds is 6. The first-order valence-corrected chi connectivity index (χ1v) is 10.4. The molecule has 2 atom stereocenters. The number of aromatic nitrogens is 2. The van der Waals surface area contributed by atoms with Gasteiger partial charge in [-0.15, -0.1) is 10.2 Å². The molecule has 1 aliphatic heterocycles. The maximum Gasteiger partial charge on any atom is 0.410 e. The standard InChI is InChI=1S/C23H27N5O5/c1-6-15-8-7-14(11-24)9-18(15)20-26-27-21(32-20)19(29)25-16-10-17(13-31-5)28(12-16)22(30)33-23(2,3)4/h6-9,16-17H,1,10,12-13H2,2-5H3,(H,25,29)/t16-,17+/m1/s1. The number of amides is 2. The molecule has 1 aromatic heterocycles. The summed E-state index contributed by atoms with van der Waals surface area (Å²) in [5.41, 5.74) is 0.976. The summed E-state index contributed by atoms with van der Waals surface area (Å²) >= 11 is 0. The van der Waals surface area contributed by atoms with E-state index in [0.29, 0.717) is 29.7 Å². The summed E-state index contributed by atoms with van der Waals surface area (Å²) in [6, 6.07) is 6.43. The molecule has 33 heavy (non-hydrogen) atoms. The molecule has 174 valence electrons. The van der Waals surface area contributed by atoms with E-state index >= 15 is 0 Å². The maximum absolute atomic E-state index is 12.7. The van der Waals surface area contributed by atoms with Crippen molar-refractivity contribution in [2.24, 2.45) is 0 Å². The van der Waals surface area contributed by atoms with Crippen LogP contribution in [0, 0.1) is 11.3 Å². The molecule has 0 saturated carbocycles. The molecule has 3 rings (SSSR count). The normalized spacial score (nSPS) is 18.0. The Hall–Kier alpha value is -3.71. The lowest BCUT2D eigenvalue weighted by atomic mass is 10.0. The van der Waals surface area contributed by atoms with Gasteiger partial charge in [0.25, 0.3) is 0 Å². The predicted octanol–water partition coefficient (Wildman–Crippen LogP) is 3.01. The number of ether oxygens (including phenoxy) is 2. The summed E-state index contributed by atoms with van der Waals surface area (Å²) in [7, 11) is 1.55. The number of carbonyl (C=O) groups excluding carboxylic acids is 2. The van der Waals surface area contributed by atoms with Gasteiger partial charge in [0.2, 0.25) is 5.89 Å². The lowest BCUT2D eigenvalue weighted by Gasteiger charge is -2.28. The van der Waals surface area contributed by atoms with E-state index in [2.05, 4.69) is 28.2 Å². The number of nitriles is 1. The Kier molecular flexibility index (Phi) is 7.13. The molecule has 0 unspecified atom stereocenters. The highest BCUT2D eigenvalue weighted by atomic mass is 16.6. The average Bonchev–Trinajstić information content (AvgIpc) is 3.40. The second-order valence-electron chi connectivity index (χ2n) is 8.68. The molecule has 2 amide bonds. The predicted molar refractivity (Wildman–Crippen MR) is 119 cm³/mol. The second kappa shape index (κ2) is 9.83. The number of likely N-dealkylation sites (tertiary alicyclic amines) is 1. The molecule has 1 fully saturated rings. The molecule has 10 heteroatoms. The Morgan fingerprint density at radius 2 is 2.15 bits per heavy atom. The first kappa shape index (κ1) is 23.9. The van der Waals surface area contributed by atoms with Crippen molar-refractivity contribution in [2.45, 2.75) is 44.9 Å². The van der Waals surface area contributed by atoms with Gasteiger partial charge in [-0.2, -0.15) is 5.26 Å². The Morgan fingerprint density at radius 3 is 2.79 bits per heavy atom. The van der Waals surface area contributed by atoms with Crippen molar-refractivity contribution in [1.29, 1.82) is 5.26 Å². The first-order chi connectivity index (χ1) is 15.6. The van der Waals surface area contributed by atoms with Gasteiger partial charge in [-0.05, 0) is 44.9 Å². The highest BCUT2D eigenvalue weighted by molar-refractivity contribution is 5.90. The van der Waals surface area contributed by atoms with Crippen LogP contribution < -0.4 is 5.32 Å². The fourth-order valence-electron chi connectivity index (χ4n) is 3.58. The summed E-state index contributed by atoms with van der Waals surface area (Å²) in [5, 5.41) is 19.8. The van der Waals surface area contributed by atoms with Crippen LogP contribution in [0.15, 0.2) is 29.2 Å². The minimum Gasteiger partial charge on any atom is -0.444 e. The number of carbonyl (C=O) groups is 2. The third kappa shape index (κ3) is 5.75. The van der Waals surface area contributed by atoms with E-state index in [0.717, 1.165) is 0 Å². The molecular weight excluding hydrogens is 426 g/mol. The third-order valence-corrected chi connectivity index (χ3v) is 4.99. The summed E-state index contributed by atoms with van der Waals surface area (Å²) < 4.78 is 16.3. The van der Waals surface area contributed by atoms with Crippen molar-refractivity contribution >= 4 is 18.1 Å². The van der Waals surface area contributed by atoms with Crippen LogP contribution in [0.2, 0.25) is 0 Å². The first-order valence-electron chi connectivity index (χ1n) is 10.4. The van der Waals surface area contributed by atoms with Gasteiger partial charge in [-0.3, -0.25) is 4.79 Å². The van der Waals surface area contributed by atoms with Crippen LogP contribution in [-0.2, 0) is 9.47 Å². The van der Waals surface area contributed by atoms with Gasteiger partial charge in [0.05, 0.1) is 24.3 Å². The minimum atomic E-state index is -0.636. The molecule has 2 aromatic rings. The van der Waals surface area contributed by atoms with Crippen molar-refractivity contribution in [3.8, 4) is 17.5 Å². The molecule has 0 aliphatic carbocycles. The van der Waals surface area contributed by atoms with Gasteiger partial charge in [0, 0.05) is 25.3 Å². The van der Waals surface area contributed by atoms with Gasteiger partial charge in [0.15, 0.2) is 0 Å². The largest absolute Gasteiger partial charge is 0.444 e.